The molecule has 1 unspecified atom stereocenters. The molecule has 2 N–H and O–H groups in total. The second kappa shape index (κ2) is 4.88. The molecule has 0 fully saturated rings. The summed E-state index contributed by atoms with van der Waals surface area (Å²) >= 11 is 1.77. The molecule has 0 radical (unpaired) electrons. The van der Waals surface area contributed by atoms with Gasteiger partial charge < -0.3 is 10.6 Å². The molecule has 0 saturated heterocycles. The van der Waals surface area contributed by atoms with Crippen LogP contribution in [0.1, 0.15) is 50.9 Å². The van der Waals surface area contributed by atoms with Gasteiger partial charge in [-0.05, 0) is 49.3 Å². The zero-order chi connectivity index (χ0) is 14.4. The van der Waals surface area contributed by atoms with Gasteiger partial charge in [0.15, 0.2) is 0 Å². The lowest BCUT2D eigenvalue weighted by molar-refractivity contribution is 0.0935. The van der Waals surface area contributed by atoms with Gasteiger partial charge >= 0.3 is 0 Å². The summed E-state index contributed by atoms with van der Waals surface area (Å²) in [5.41, 5.74) is 4.52. The molecule has 21 heavy (non-hydrogen) atoms. The average Bonchev–Trinajstić information content (AvgIpc) is 2.86. The van der Waals surface area contributed by atoms with Crippen molar-refractivity contribution in [2.24, 2.45) is 0 Å². The Bertz CT molecular complexity index is 720. The lowest BCUT2D eigenvalue weighted by Gasteiger charge is -2.27. The quantitative estimate of drug-likeness (QED) is 0.841. The normalized spacial score (nSPS) is 20.2. The molecular weight excluding hydrogens is 280 g/mol. The number of thiophene rings is 1. The number of nitrogens with one attached hydrogen (secondary N) is 2. The van der Waals surface area contributed by atoms with E-state index in [1.807, 2.05) is 12.1 Å². The van der Waals surface area contributed by atoms with Crippen LogP contribution in [0.4, 0.5) is 5.00 Å². The van der Waals surface area contributed by atoms with Crippen LogP contribution in [0.2, 0.25) is 0 Å². The van der Waals surface area contributed by atoms with Crippen LogP contribution in [-0.4, -0.2) is 5.91 Å². The number of hydrogen-bond acceptors (Lipinski definition) is 3. The summed E-state index contributed by atoms with van der Waals surface area (Å²) in [5.74, 6) is 0.0800. The Hall–Kier alpha value is -1.81. The molecule has 1 aromatic heterocycles. The third kappa shape index (κ3) is 2.05. The first kappa shape index (κ1) is 12.9. The zero-order valence-corrected chi connectivity index (χ0v) is 12.8. The van der Waals surface area contributed by atoms with Crippen molar-refractivity contribution < 1.29 is 4.79 Å². The highest BCUT2D eigenvalue weighted by molar-refractivity contribution is 7.16. The molecule has 0 saturated carbocycles. The molecule has 3 nitrogen and oxygen atoms in total. The lowest BCUT2D eigenvalue weighted by Crippen LogP contribution is -2.38. The van der Waals surface area contributed by atoms with E-state index in [1.165, 1.54) is 28.8 Å². The Kier molecular flexibility index (Phi) is 3.00. The summed E-state index contributed by atoms with van der Waals surface area (Å²) in [6, 6.07) is 8.20. The first-order valence-corrected chi connectivity index (χ1v) is 8.33. The van der Waals surface area contributed by atoms with Gasteiger partial charge in [0.25, 0.3) is 5.91 Å². The van der Waals surface area contributed by atoms with Crippen LogP contribution < -0.4 is 10.6 Å². The van der Waals surface area contributed by atoms with E-state index >= 15 is 0 Å². The summed E-state index contributed by atoms with van der Waals surface area (Å²) in [6.45, 7) is 2.08. The highest BCUT2D eigenvalue weighted by Gasteiger charge is 2.32. The van der Waals surface area contributed by atoms with Gasteiger partial charge in [0.1, 0.15) is 11.2 Å². The standard InChI is InChI=1S/C17H18N2OS/c1-10-6-2-3-7-11(10)15-18-16(20)14-12-8-4-5-9-13(12)21-17(14)19-15/h2-3,6-7,15,19H,4-5,8-9H2,1H3,(H,18,20). The van der Waals surface area contributed by atoms with Gasteiger partial charge in [-0.15, -0.1) is 11.3 Å². The van der Waals surface area contributed by atoms with Gasteiger partial charge in [0, 0.05) is 4.88 Å². The fraction of sp³-hybridized carbons (Fsp3) is 0.353. The summed E-state index contributed by atoms with van der Waals surface area (Å²) in [6.07, 6.45) is 4.49. The fourth-order valence-corrected chi connectivity index (χ4v) is 4.66. The molecule has 0 spiro atoms. The summed E-state index contributed by atoms with van der Waals surface area (Å²) < 4.78 is 0. The van der Waals surface area contributed by atoms with Crippen molar-refractivity contribution in [3.8, 4) is 0 Å². The number of carbonyl (C=O) groups is 1. The Balaban J connectivity index is 1.74. The smallest absolute Gasteiger partial charge is 0.256 e. The minimum Gasteiger partial charge on any atom is -0.353 e. The van der Waals surface area contributed by atoms with Crippen molar-refractivity contribution in [3.05, 3.63) is 51.4 Å². The third-order valence-corrected chi connectivity index (χ3v) is 5.67. The molecule has 1 atom stereocenters. The molecule has 1 aliphatic heterocycles. The Morgan fingerprint density at radius 2 is 1.95 bits per heavy atom. The molecular formula is C17H18N2OS. The molecule has 2 aliphatic rings. The summed E-state index contributed by atoms with van der Waals surface area (Å²) in [7, 11) is 0. The minimum absolute atomic E-state index is 0.0800. The van der Waals surface area contributed by atoms with Crippen molar-refractivity contribution in [2.45, 2.75) is 38.8 Å². The maximum atomic E-state index is 12.6. The SMILES string of the molecule is Cc1ccccc1C1NC(=O)c2c(sc3c2CCCC3)N1. The topological polar surface area (TPSA) is 41.1 Å². The number of carbonyl (C=O) groups excluding carboxylic acids is 1. The summed E-state index contributed by atoms with van der Waals surface area (Å²) in [4.78, 5) is 14.0. The number of benzene rings is 1. The van der Waals surface area contributed by atoms with E-state index in [1.54, 1.807) is 11.3 Å². The predicted octanol–water partition coefficient (Wildman–Crippen LogP) is 3.79. The Morgan fingerprint density at radius 1 is 1.14 bits per heavy atom. The van der Waals surface area contributed by atoms with Crippen LogP contribution in [0, 0.1) is 6.92 Å². The van der Waals surface area contributed by atoms with E-state index in [-0.39, 0.29) is 12.1 Å². The number of amides is 1. The average molecular weight is 298 g/mol. The zero-order valence-electron chi connectivity index (χ0n) is 12.0. The van der Waals surface area contributed by atoms with E-state index in [0.717, 1.165) is 29.0 Å². The minimum atomic E-state index is -0.119. The van der Waals surface area contributed by atoms with E-state index < -0.39 is 0 Å². The van der Waals surface area contributed by atoms with Crippen LogP contribution in [0.25, 0.3) is 0 Å². The van der Waals surface area contributed by atoms with E-state index in [2.05, 4.69) is 29.7 Å². The fourth-order valence-electron chi connectivity index (χ4n) is 3.34. The number of rotatable bonds is 1. The van der Waals surface area contributed by atoms with Crippen LogP contribution in [0.15, 0.2) is 24.3 Å². The summed E-state index contributed by atoms with van der Waals surface area (Å²) in [5, 5.41) is 7.71. The van der Waals surface area contributed by atoms with Gasteiger partial charge in [-0.1, -0.05) is 24.3 Å². The molecule has 4 heteroatoms. The van der Waals surface area contributed by atoms with Crippen molar-refractivity contribution in [1.29, 1.82) is 0 Å². The molecule has 1 amide bonds. The van der Waals surface area contributed by atoms with Crippen molar-refractivity contribution in [2.75, 3.05) is 5.32 Å². The highest BCUT2D eigenvalue weighted by atomic mass is 32.1. The van der Waals surface area contributed by atoms with Crippen LogP contribution >= 0.6 is 11.3 Å². The van der Waals surface area contributed by atoms with Gasteiger partial charge in [-0.25, -0.2) is 0 Å². The second-order valence-electron chi connectivity index (χ2n) is 5.82. The second-order valence-corrected chi connectivity index (χ2v) is 6.93. The van der Waals surface area contributed by atoms with Crippen molar-refractivity contribution in [3.63, 3.8) is 0 Å². The molecule has 108 valence electrons. The molecule has 4 rings (SSSR count). The number of hydrogen-bond donors (Lipinski definition) is 2. The van der Waals surface area contributed by atoms with Crippen LogP contribution in [0.5, 0.6) is 0 Å². The van der Waals surface area contributed by atoms with Gasteiger partial charge in [-0.3, -0.25) is 4.79 Å². The number of anilines is 1. The Morgan fingerprint density at radius 3 is 2.81 bits per heavy atom. The van der Waals surface area contributed by atoms with E-state index in [0.29, 0.717) is 0 Å². The van der Waals surface area contributed by atoms with Gasteiger partial charge in [0.05, 0.1) is 5.56 Å². The molecule has 0 bridgehead atoms. The maximum absolute atomic E-state index is 12.6. The Labute approximate surface area is 128 Å². The monoisotopic (exact) mass is 298 g/mol. The lowest BCUT2D eigenvalue weighted by atomic mass is 9.94. The third-order valence-electron chi connectivity index (χ3n) is 4.45. The number of fused-ring (bicyclic) bond motifs is 3. The first-order chi connectivity index (χ1) is 10.2. The molecule has 2 aromatic rings. The van der Waals surface area contributed by atoms with Crippen LogP contribution in [0.3, 0.4) is 0 Å². The molecule has 1 aliphatic carbocycles. The molecule has 1 aromatic carbocycles. The van der Waals surface area contributed by atoms with E-state index in [4.69, 9.17) is 0 Å². The first-order valence-electron chi connectivity index (χ1n) is 7.51. The predicted molar refractivity (Wildman–Crippen MR) is 86.0 cm³/mol. The van der Waals surface area contributed by atoms with Crippen molar-refractivity contribution in [1.82, 2.24) is 5.32 Å². The van der Waals surface area contributed by atoms with Crippen molar-refractivity contribution >= 4 is 22.2 Å². The number of aryl methyl sites for hydroxylation is 2. The molecule has 2 heterocycles. The van der Waals surface area contributed by atoms with E-state index in [9.17, 15) is 4.79 Å². The highest BCUT2D eigenvalue weighted by Crippen LogP contribution is 2.41. The van der Waals surface area contributed by atoms with Gasteiger partial charge in [0.2, 0.25) is 0 Å². The van der Waals surface area contributed by atoms with Gasteiger partial charge in [-0.2, -0.15) is 0 Å². The van der Waals surface area contributed by atoms with Crippen LogP contribution in [-0.2, 0) is 12.8 Å². The maximum Gasteiger partial charge on any atom is 0.256 e. The largest absolute Gasteiger partial charge is 0.353 e.